The van der Waals surface area contributed by atoms with E-state index < -0.39 is 6.09 Å². The Hall–Kier alpha value is -1.95. The maximum Gasteiger partial charge on any atom is 0.404 e. The average Bonchev–Trinajstić information content (AvgIpc) is 2.71. The van der Waals surface area contributed by atoms with Gasteiger partial charge in [0.05, 0.1) is 19.6 Å². The summed E-state index contributed by atoms with van der Waals surface area (Å²) < 4.78 is 4.52. The highest BCUT2D eigenvalue weighted by Gasteiger charge is 2.16. The fourth-order valence-corrected chi connectivity index (χ4v) is 2.22. The number of carbonyl (C=O) groups excluding carboxylic acids is 3. The van der Waals surface area contributed by atoms with E-state index in [-0.39, 0.29) is 38.1 Å². The number of hydrogen-bond donors (Lipinski definition) is 6. The summed E-state index contributed by atoms with van der Waals surface area (Å²) in [6.07, 6.45) is 4.80. The molecule has 0 aromatic carbocycles. The Kier molecular flexibility index (Phi) is 23.5. The fourth-order valence-electron chi connectivity index (χ4n) is 2.22. The van der Waals surface area contributed by atoms with Gasteiger partial charge in [0.15, 0.2) is 0 Å². The lowest BCUT2D eigenvalue weighted by Gasteiger charge is -2.22. The monoisotopic (exact) mass is 433 g/mol. The Balaban J connectivity index is 0. The third-order valence-corrected chi connectivity index (χ3v) is 3.88. The molecule has 0 spiro atoms. The van der Waals surface area contributed by atoms with Crippen LogP contribution in [-0.4, -0.2) is 81.8 Å². The number of hydrogen-bond acceptors (Lipinski definition) is 8. The number of nitrogens with two attached hydrogens (primary N) is 4. The van der Waals surface area contributed by atoms with Crippen molar-refractivity contribution < 1.29 is 19.1 Å². The fraction of sp³-hybridized carbons (Fsp3) is 0.842. The first-order valence-electron chi connectivity index (χ1n) is 10.7. The third-order valence-electron chi connectivity index (χ3n) is 3.88. The molecule has 0 radical (unpaired) electrons. The van der Waals surface area contributed by atoms with Gasteiger partial charge in [0.1, 0.15) is 6.61 Å². The van der Waals surface area contributed by atoms with Crippen molar-refractivity contribution in [3.8, 4) is 0 Å². The van der Waals surface area contributed by atoms with Gasteiger partial charge in [0, 0.05) is 6.54 Å². The highest BCUT2D eigenvalue weighted by Crippen LogP contribution is 1.96. The number of rotatable bonds is 17. The molecule has 0 aliphatic heterocycles. The predicted octanol–water partition coefficient (Wildman–Crippen LogP) is -1.16. The highest BCUT2D eigenvalue weighted by atomic mass is 16.5. The molecule has 0 fully saturated rings. The van der Waals surface area contributed by atoms with Crippen LogP contribution in [0.25, 0.3) is 0 Å². The summed E-state index contributed by atoms with van der Waals surface area (Å²) in [5.41, 5.74) is 20.8. The van der Waals surface area contributed by atoms with E-state index in [0.717, 1.165) is 32.2 Å². The number of nitrogens with one attached hydrogen (secondary N) is 2. The van der Waals surface area contributed by atoms with Gasteiger partial charge in [-0.2, -0.15) is 0 Å². The lowest BCUT2D eigenvalue weighted by molar-refractivity contribution is -0.135. The maximum atomic E-state index is 12.3. The minimum absolute atomic E-state index is 0.00904. The van der Waals surface area contributed by atoms with Gasteiger partial charge in [-0.1, -0.05) is 13.3 Å². The quantitative estimate of drug-likeness (QED) is 0.155. The zero-order valence-corrected chi connectivity index (χ0v) is 18.5. The van der Waals surface area contributed by atoms with Gasteiger partial charge < -0.3 is 43.2 Å². The SMILES string of the molecule is CCCCN.NCCCCNCC(=O)N(CCCCN)CC(=O)NCCOC(N)=O. The lowest BCUT2D eigenvalue weighted by atomic mass is 10.2. The van der Waals surface area contributed by atoms with E-state index in [1.165, 1.54) is 17.7 Å². The Bertz CT molecular complexity index is 437. The molecule has 0 heterocycles. The molecule has 0 atom stereocenters. The molecule has 0 aromatic rings. The van der Waals surface area contributed by atoms with Crippen molar-refractivity contribution in [2.45, 2.75) is 45.4 Å². The zero-order valence-electron chi connectivity index (χ0n) is 18.5. The molecule has 3 amide bonds. The van der Waals surface area contributed by atoms with Crippen molar-refractivity contribution >= 4 is 17.9 Å². The van der Waals surface area contributed by atoms with E-state index in [1.54, 1.807) is 0 Å². The number of carbonyl (C=O) groups is 3. The summed E-state index contributed by atoms with van der Waals surface area (Å²) in [7, 11) is 0. The van der Waals surface area contributed by atoms with Crippen molar-refractivity contribution in [2.75, 3.05) is 59.0 Å². The summed E-state index contributed by atoms with van der Waals surface area (Å²) in [6.45, 7) is 5.56. The van der Waals surface area contributed by atoms with E-state index in [2.05, 4.69) is 22.3 Å². The summed E-state index contributed by atoms with van der Waals surface area (Å²) >= 11 is 0. The van der Waals surface area contributed by atoms with E-state index >= 15 is 0 Å². The second kappa shape index (κ2) is 23.3. The van der Waals surface area contributed by atoms with E-state index in [1.807, 2.05) is 0 Å². The molecule has 0 saturated carbocycles. The van der Waals surface area contributed by atoms with Gasteiger partial charge in [-0.25, -0.2) is 4.79 Å². The van der Waals surface area contributed by atoms with Crippen LogP contribution in [0.1, 0.15) is 45.4 Å². The smallest absolute Gasteiger partial charge is 0.404 e. The standard InChI is InChI=1S/C15H32N6O4.C4H11N/c16-5-1-3-7-19-11-14(23)21(9-4-2-6-17)12-13(22)20-8-10-25-15(18)24;1-2-3-4-5/h19H,1-12,16-17H2,(H2,18,24)(H,20,22);2-5H2,1H3. The second-order valence-corrected chi connectivity index (χ2v) is 6.64. The molecule has 0 aliphatic carbocycles. The molecule has 30 heavy (non-hydrogen) atoms. The number of unbranched alkanes of at least 4 members (excludes halogenated alkanes) is 3. The summed E-state index contributed by atoms with van der Waals surface area (Å²) in [4.78, 5) is 36.1. The van der Waals surface area contributed by atoms with Crippen molar-refractivity contribution in [2.24, 2.45) is 22.9 Å². The third kappa shape index (κ3) is 22.3. The molecule has 11 heteroatoms. The largest absolute Gasteiger partial charge is 0.448 e. The van der Waals surface area contributed by atoms with Crippen LogP contribution in [0, 0.1) is 0 Å². The summed E-state index contributed by atoms with van der Waals surface area (Å²) in [5, 5.41) is 5.63. The Morgan fingerprint density at radius 2 is 1.53 bits per heavy atom. The molecular formula is C19H43N7O4. The molecule has 0 saturated heterocycles. The normalized spacial score (nSPS) is 10.0. The molecule has 0 bridgehead atoms. The number of amides is 3. The number of nitrogens with zero attached hydrogens (tertiary/aromatic N) is 1. The molecular weight excluding hydrogens is 390 g/mol. The van der Waals surface area contributed by atoms with Gasteiger partial charge in [-0.3, -0.25) is 9.59 Å². The van der Waals surface area contributed by atoms with Gasteiger partial charge >= 0.3 is 6.09 Å². The van der Waals surface area contributed by atoms with Crippen LogP contribution in [0.2, 0.25) is 0 Å². The molecule has 0 unspecified atom stereocenters. The topological polar surface area (TPSA) is 192 Å². The van der Waals surface area contributed by atoms with Crippen molar-refractivity contribution in [3.63, 3.8) is 0 Å². The highest BCUT2D eigenvalue weighted by molar-refractivity contribution is 5.85. The first-order chi connectivity index (χ1) is 14.4. The molecule has 178 valence electrons. The minimum Gasteiger partial charge on any atom is -0.448 e. The first-order valence-corrected chi connectivity index (χ1v) is 10.7. The van der Waals surface area contributed by atoms with Crippen LogP contribution in [0.15, 0.2) is 0 Å². The first kappa shape index (κ1) is 30.2. The lowest BCUT2D eigenvalue weighted by Crippen LogP contribution is -2.45. The van der Waals surface area contributed by atoms with E-state index in [4.69, 9.17) is 22.9 Å². The maximum absolute atomic E-state index is 12.3. The average molecular weight is 434 g/mol. The van der Waals surface area contributed by atoms with Crippen LogP contribution in [0.3, 0.4) is 0 Å². The summed E-state index contributed by atoms with van der Waals surface area (Å²) in [5.74, 6) is -0.467. The van der Waals surface area contributed by atoms with Gasteiger partial charge in [0.25, 0.3) is 0 Å². The van der Waals surface area contributed by atoms with E-state index in [0.29, 0.717) is 26.2 Å². The predicted molar refractivity (Wildman–Crippen MR) is 119 cm³/mol. The zero-order chi connectivity index (χ0) is 23.0. The van der Waals surface area contributed by atoms with E-state index in [9.17, 15) is 14.4 Å². The van der Waals surface area contributed by atoms with Gasteiger partial charge in [0.2, 0.25) is 11.8 Å². The Morgan fingerprint density at radius 3 is 2.07 bits per heavy atom. The number of primary amides is 1. The molecule has 11 nitrogen and oxygen atoms in total. The van der Waals surface area contributed by atoms with Crippen molar-refractivity contribution in [1.29, 1.82) is 0 Å². The van der Waals surface area contributed by atoms with Gasteiger partial charge in [-0.05, 0) is 58.3 Å². The minimum atomic E-state index is -0.895. The van der Waals surface area contributed by atoms with Crippen LogP contribution in [0.4, 0.5) is 4.79 Å². The Morgan fingerprint density at radius 1 is 0.900 bits per heavy atom. The molecule has 0 rings (SSSR count). The molecule has 10 N–H and O–H groups in total. The van der Waals surface area contributed by atoms with Crippen LogP contribution >= 0.6 is 0 Å². The van der Waals surface area contributed by atoms with Crippen LogP contribution in [-0.2, 0) is 14.3 Å². The second-order valence-electron chi connectivity index (χ2n) is 6.64. The number of ether oxygens (including phenoxy) is 1. The molecule has 0 aliphatic rings. The van der Waals surface area contributed by atoms with Crippen molar-refractivity contribution in [1.82, 2.24) is 15.5 Å². The Labute approximate surface area is 180 Å². The molecule has 0 aromatic heterocycles. The summed E-state index contributed by atoms with van der Waals surface area (Å²) in [6, 6.07) is 0. The van der Waals surface area contributed by atoms with Crippen LogP contribution < -0.4 is 33.6 Å². The van der Waals surface area contributed by atoms with Gasteiger partial charge in [-0.15, -0.1) is 0 Å². The van der Waals surface area contributed by atoms with Crippen molar-refractivity contribution in [3.05, 3.63) is 0 Å². The van der Waals surface area contributed by atoms with Crippen LogP contribution in [0.5, 0.6) is 0 Å².